The van der Waals surface area contributed by atoms with Crippen molar-refractivity contribution in [2.45, 2.75) is 38.3 Å². The number of hydrogen-bond donors (Lipinski definition) is 1. The van der Waals surface area contributed by atoms with Crippen molar-refractivity contribution in [3.63, 3.8) is 0 Å². The molecule has 30 heavy (non-hydrogen) atoms. The van der Waals surface area contributed by atoms with Crippen molar-refractivity contribution >= 4 is 11.9 Å². The Labute approximate surface area is 175 Å². The minimum absolute atomic E-state index is 0.0246. The van der Waals surface area contributed by atoms with E-state index in [4.69, 9.17) is 4.74 Å². The second-order valence-corrected chi connectivity index (χ2v) is 8.57. The van der Waals surface area contributed by atoms with Crippen LogP contribution in [0.2, 0.25) is 0 Å². The molecule has 0 unspecified atom stereocenters. The molecular weight excluding hydrogens is 382 g/mol. The monoisotopic (exact) mass is 409 g/mol. The lowest BCUT2D eigenvalue weighted by Crippen LogP contribution is -2.63. The van der Waals surface area contributed by atoms with Crippen LogP contribution in [0.25, 0.3) is 5.69 Å². The van der Waals surface area contributed by atoms with Crippen molar-refractivity contribution < 1.29 is 14.3 Å². The van der Waals surface area contributed by atoms with Gasteiger partial charge in [0.25, 0.3) is 0 Å². The maximum atomic E-state index is 12.9. The topological polar surface area (TPSA) is 79.7 Å². The van der Waals surface area contributed by atoms with Crippen LogP contribution in [0.5, 0.6) is 0 Å². The molecule has 158 valence electrons. The molecule has 0 saturated carbocycles. The molecule has 3 fully saturated rings. The molecule has 3 aliphatic heterocycles. The van der Waals surface area contributed by atoms with Crippen molar-refractivity contribution in [3.8, 4) is 5.69 Å². The van der Waals surface area contributed by atoms with Gasteiger partial charge in [0.05, 0.1) is 23.5 Å². The molecule has 0 radical (unpaired) electrons. The molecule has 3 aliphatic rings. The van der Waals surface area contributed by atoms with Crippen LogP contribution < -0.4 is 5.32 Å². The van der Waals surface area contributed by atoms with Gasteiger partial charge < -0.3 is 19.9 Å². The number of benzene rings is 1. The number of urea groups is 1. The summed E-state index contributed by atoms with van der Waals surface area (Å²) < 4.78 is 7.53. The summed E-state index contributed by atoms with van der Waals surface area (Å²) in [4.78, 5) is 28.2. The number of aryl methyl sites for hydroxylation is 2. The molecule has 1 N–H and O–H groups in total. The Morgan fingerprint density at radius 3 is 2.60 bits per heavy atom. The van der Waals surface area contributed by atoms with Gasteiger partial charge in [0.2, 0.25) is 5.91 Å². The molecule has 8 nitrogen and oxygen atoms in total. The Morgan fingerprint density at radius 1 is 1.13 bits per heavy atom. The molecule has 8 heteroatoms. The summed E-state index contributed by atoms with van der Waals surface area (Å²) in [5.74, 6) is 0.261. The maximum Gasteiger partial charge on any atom is 0.320 e. The summed E-state index contributed by atoms with van der Waals surface area (Å²) in [6.45, 7) is 6.83. The lowest BCUT2D eigenvalue weighted by molar-refractivity contribution is -0.139. The molecular formula is C22H27N5O3. The van der Waals surface area contributed by atoms with E-state index < -0.39 is 0 Å². The zero-order valence-electron chi connectivity index (χ0n) is 17.4. The molecule has 2 aromatic rings. The summed E-state index contributed by atoms with van der Waals surface area (Å²) >= 11 is 0. The molecule has 3 amide bonds. The van der Waals surface area contributed by atoms with Crippen molar-refractivity contribution in [1.82, 2.24) is 24.9 Å². The van der Waals surface area contributed by atoms with Crippen LogP contribution in [0.15, 0.2) is 30.3 Å². The van der Waals surface area contributed by atoms with Gasteiger partial charge in [0.1, 0.15) is 6.61 Å². The van der Waals surface area contributed by atoms with Crippen molar-refractivity contribution in [1.29, 1.82) is 0 Å². The van der Waals surface area contributed by atoms with E-state index in [0.29, 0.717) is 19.0 Å². The van der Waals surface area contributed by atoms with Crippen LogP contribution in [0.1, 0.15) is 29.3 Å². The molecule has 2 atom stereocenters. The standard InChI is InChI=1S/C22H27N5O3/c1-14-9-15(2)27(24-14)18-5-3-16(4-6-18)17-10-26(11-17)22(29)25-8-7-20-19(12-25)23-21(28)13-30-20/h3-6,9,17,19-20H,7-8,10-13H2,1-2H3,(H,23,28)/t19-,20+/m1/s1. The quantitative estimate of drug-likeness (QED) is 0.817. The summed E-state index contributed by atoms with van der Waals surface area (Å²) in [6, 6.07) is 10.5. The predicted octanol–water partition coefficient (Wildman–Crippen LogP) is 1.60. The van der Waals surface area contributed by atoms with E-state index in [1.54, 1.807) is 0 Å². The second kappa shape index (κ2) is 7.43. The number of likely N-dealkylation sites (tertiary alicyclic amines) is 2. The van der Waals surface area contributed by atoms with Crippen LogP contribution in [-0.4, -0.2) is 76.5 Å². The first kappa shape index (κ1) is 19.1. The number of aromatic nitrogens is 2. The first-order chi connectivity index (χ1) is 14.5. The summed E-state index contributed by atoms with van der Waals surface area (Å²) in [5, 5.41) is 7.49. The molecule has 0 spiro atoms. The third-order valence-electron chi connectivity index (χ3n) is 6.37. The third kappa shape index (κ3) is 3.45. The second-order valence-electron chi connectivity index (χ2n) is 8.57. The van der Waals surface area contributed by atoms with E-state index in [9.17, 15) is 9.59 Å². The number of fused-ring (bicyclic) bond motifs is 1. The van der Waals surface area contributed by atoms with E-state index in [0.717, 1.165) is 36.6 Å². The number of hydrogen-bond acceptors (Lipinski definition) is 4. The number of piperidine rings is 1. The van der Waals surface area contributed by atoms with Crippen LogP contribution in [-0.2, 0) is 9.53 Å². The van der Waals surface area contributed by atoms with Gasteiger partial charge >= 0.3 is 6.03 Å². The Morgan fingerprint density at radius 2 is 1.90 bits per heavy atom. The number of nitrogens with one attached hydrogen (secondary N) is 1. The van der Waals surface area contributed by atoms with Gasteiger partial charge in [0, 0.05) is 37.8 Å². The van der Waals surface area contributed by atoms with Gasteiger partial charge in [-0.1, -0.05) is 12.1 Å². The summed E-state index contributed by atoms with van der Waals surface area (Å²) in [6.07, 6.45) is 0.790. The summed E-state index contributed by atoms with van der Waals surface area (Å²) in [5.41, 5.74) is 4.42. The highest BCUT2D eigenvalue weighted by Crippen LogP contribution is 2.29. The fourth-order valence-electron chi connectivity index (χ4n) is 4.70. The number of amides is 3. The predicted molar refractivity (Wildman–Crippen MR) is 111 cm³/mol. The van der Waals surface area contributed by atoms with E-state index >= 15 is 0 Å². The average molecular weight is 409 g/mol. The van der Waals surface area contributed by atoms with Crippen molar-refractivity contribution in [2.24, 2.45) is 0 Å². The first-order valence-corrected chi connectivity index (χ1v) is 10.6. The minimum atomic E-state index is -0.0986. The van der Waals surface area contributed by atoms with E-state index in [1.165, 1.54) is 5.56 Å². The number of nitrogens with zero attached hydrogens (tertiary/aromatic N) is 4. The van der Waals surface area contributed by atoms with Gasteiger partial charge in [-0.3, -0.25) is 4.79 Å². The fourth-order valence-corrected chi connectivity index (χ4v) is 4.70. The normalized spacial score (nSPS) is 24.3. The van der Waals surface area contributed by atoms with E-state index in [2.05, 4.69) is 47.7 Å². The van der Waals surface area contributed by atoms with Crippen LogP contribution in [0.4, 0.5) is 4.79 Å². The third-order valence-corrected chi connectivity index (χ3v) is 6.37. The van der Waals surface area contributed by atoms with Gasteiger partial charge in [-0.05, 0) is 44.0 Å². The van der Waals surface area contributed by atoms with Crippen LogP contribution in [0, 0.1) is 13.8 Å². The number of carbonyl (C=O) groups excluding carboxylic acids is 2. The van der Waals surface area contributed by atoms with Crippen molar-refractivity contribution in [3.05, 3.63) is 47.3 Å². The maximum absolute atomic E-state index is 12.9. The highest BCUT2D eigenvalue weighted by molar-refractivity contribution is 5.79. The molecule has 0 aliphatic carbocycles. The van der Waals surface area contributed by atoms with Crippen LogP contribution in [0.3, 0.4) is 0 Å². The SMILES string of the molecule is Cc1cc(C)n(-c2ccc(C3CN(C(=O)N4CC[C@@H]5OCC(=O)N[C@@H]5C4)C3)cc2)n1. The molecule has 4 heterocycles. The Bertz CT molecular complexity index is 964. The van der Waals surface area contributed by atoms with Crippen LogP contribution >= 0.6 is 0 Å². The summed E-state index contributed by atoms with van der Waals surface area (Å²) in [7, 11) is 0. The van der Waals surface area contributed by atoms with E-state index in [-0.39, 0.29) is 30.7 Å². The van der Waals surface area contributed by atoms with Gasteiger partial charge in [-0.25, -0.2) is 9.48 Å². The zero-order valence-corrected chi connectivity index (χ0v) is 17.4. The highest BCUT2D eigenvalue weighted by atomic mass is 16.5. The Balaban J connectivity index is 1.17. The number of rotatable bonds is 2. The molecule has 5 rings (SSSR count). The number of carbonyl (C=O) groups is 2. The lowest BCUT2D eigenvalue weighted by atomic mass is 9.91. The average Bonchev–Trinajstić information content (AvgIpc) is 3.04. The highest BCUT2D eigenvalue weighted by Gasteiger charge is 2.40. The number of ether oxygens (including phenoxy) is 1. The lowest BCUT2D eigenvalue weighted by Gasteiger charge is -2.46. The first-order valence-electron chi connectivity index (χ1n) is 10.6. The molecule has 1 aromatic carbocycles. The Hall–Kier alpha value is -2.87. The van der Waals surface area contributed by atoms with Crippen molar-refractivity contribution in [2.75, 3.05) is 32.8 Å². The van der Waals surface area contributed by atoms with Gasteiger partial charge in [-0.15, -0.1) is 0 Å². The smallest absolute Gasteiger partial charge is 0.320 e. The number of morpholine rings is 1. The molecule has 0 bridgehead atoms. The molecule has 1 aromatic heterocycles. The molecule has 3 saturated heterocycles. The Kier molecular flexibility index (Phi) is 4.73. The fraction of sp³-hybridized carbons (Fsp3) is 0.500. The van der Waals surface area contributed by atoms with E-state index in [1.807, 2.05) is 21.4 Å². The van der Waals surface area contributed by atoms with Gasteiger partial charge in [0.15, 0.2) is 0 Å². The minimum Gasteiger partial charge on any atom is -0.366 e. The van der Waals surface area contributed by atoms with Gasteiger partial charge in [-0.2, -0.15) is 5.10 Å². The zero-order chi connectivity index (χ0) is 20.8. The largest absolute Gasteiger partial charge is 0.366 e.